The molecule has 3 nitrogen and oxygen atoms in total. The van der Waals surface area contributed by atoms with E-state index in [0.717, 1.165) is 0 Å². The Morgan fingerprint density at radius 2 is 2.31 bits per heavy atom. The third kappa shape index (κ3) is 3.00. The third-order valence-corrected chi connectivity index (χ3v) is 2.70. The van der Waals surface area contributed by atoms with Crippen molar-refractivity contribution in [3.8, 4) is 0 Å². The zero-order chi connectivity index (χ0) is 12.3. The van der Waals surface area contributed by atoms with Gasteiger partial charge in [0.15, 0.2) is 0 Å². The predicted molar refractivity (Wildman–Crippen MR) is 62.9 cm³/mol. The third-order valence-electron chi connectivity index (χ3n) is 1.65. The molecule has 0 N–H and O–H groups in total. The molecule has 1 aromatic rings. The zero-order valence-corrected chi connectivity index (χ0v) is 11.1. The fourth-order valence-corrected chi connectivity index (χ4v) is 2.24. The topological polar surface area (TPSA) is 39.2 Å². The number of rotatable bonds is 3. The lowest BCUT2D eigenvalue weighted by Gasteiger charge is -2.09. The van der Waals surface area contributed by atoms with Gasteiger partial charge in [-0.25, -0.2) is 18.6 Å². The second-order valence-corrected chi connectivity index (χ2v) is 4.26. The maximum atomic E-state index is 12.7. The smallest absolute Gasteiger partial charge is 0.341 e. The average molecular weight is 362 g/mol. The molecule has 0 saturated heterocycles. The van der Waals surface area contributed by atoms with Gasteiger partial charge in [-0.2, -0.15) is 0 Å². The van der Waals surface area contributed by atoms with E-state index in [0.29, 0.717) is 3.57 Å². The molecule has 0 aliphatic rings. The summed E-state index contributed by atoms with van der Waals surface area (Å²) in [6, 6.07) is 1.33. The molecule has 88 valence electrons. The van der Waals surface area contributed by atoms with Crippen LogP contribution in [0.2, 0.25) is 5.15 Å². The molecule has 0 unspecified atom stereocenters. The van der Waals surface area contributed by atoms with Crippen molar-refractivity contribution in [1.82, 2.24) is 4.98 Å². The Labute approximate surface area is 109 Å². The Balaban J connectivity index is 3.29. The first-order chi connectivity index (χ1) is 7.47. The largest absolute Gasteiger partial charge is 0.462 e. The van der Waals surface area contributed by atoms with Gasteiger partial charge < -0.3 is 4.74 Å². The number of hydrogen-bond acceptors (Lipinski definition) is 3. The monoisotopic (exact) mass is 361 g/mol. The Morgan fingerprint density at radius 1 is 1.69 bits per heavy atom. The standard InChI is InChI=1S/C9H7ClF2INO2/c1-2-16-9(15)6-4(13)3-5(10)14-7(6)8(11)12/h3,8H,2H2,1H3. The minimum atomic E-state index is -2.87. The fraction of sp³-hybridized carbons (Fsp3) is 0.333. The van der Waals surface area contributed by atoms with Gasteiger partial charge in [-0.05, 0) is 35.6 Å². The van der Waals surface area contributed by atoms with E-state index in [-0.39, 0.29) is 17.3 Å². The van der Waals surface area contributed by atoms with E-state index < -0.39 is 18.1 Å². The molecule has 0 atom stereocenters. The van der Waals surface area contributed by atoms with Crippen LogP contribution in [0.5, 0.6) is 0 Å². The molecule has 0 bridgehead atoms. The minimum Gasteiger partial charge on any atom is -0.462 e. The van der Waals surface area contributed by atoms with Crippen LogP contribution in [0.3, 0.4) is 0 Å². The average Bonchev–Trinajstić information content (AvgIpc) is 2.16. The minimum absolute atomic E-state index is 0.0762. The molecule has 1 heterocycles. The van der Waals surface area contributed by atoms with E-state index in [9.17, 15) is 13.6 Å². The molecule has 0 aliphatic carbocycles. The molecular formula is C9H7ClF2INO2. The van der Waals surface area contributed by atoms with E-state index in [1.165, 1.54) is 6.07 Å². The summed E-state index contributed by atoms with van der Waals surface area (Å²) in [4.78, 5) is 14.9. The van der Waals surface area contributed by atoms with Gasteiger partial charge >= 0.3 is 5.97 Å². The first-order valence-electron chi connectivity index (χ1n) is 4.28. The fourth-order valence-electron chi connectivity index (χ4n) is 1.07. The number of hydrogen-bond donors (Lipinski definition) is 0. The van der Waals surface area contributed by atoms with Gasteiger partial charge in [0.05, 0.1) is 6.61 Å². The summed E-state index contributed by atoms with van der Waals surface area (Å²) in [5.74, 6) is -0.814. The van der Waals surface area contributed by atoms with Crippen LogP contribution >= 0.6 is 34.2 Å². The molecule has 0 spiro atoms. The van der Waals surface area contributed by atoms with Crippen molar-refractivity contribution in [2.75, 3.05) is 6.61 Å². The summed E-state index contributed by atoms with van der Waals surface area (Å²) in [6.45, 7) is 1.70. The highest BCUT2D eigenvalue weighted by atomic mass is 127. The summed E-state index contributed by atoms with van der Waals surface area (Å²) in [5, 5.41) is -0.0762. The van der Waals surface area contributed by atoms with Crippen LogP contribution in [0.1, 0.15) is 29.4 Å². The first-order valence-corrected chi connectivity index (χ1v) is 5.74. The van der Waals surface area contributed by atoms with Crippen molar-refractivity contribution in [1.29, 1.82) is 0 Å². The van der Waals surface area contributed by atoms with Gasteiger partial charge in [0, 0.05) is 3.57 Å². The number of aromatic nitrogens is 1. The highest BCUT2D eigenvalue weighted by Gasteiger charge is 2.24. The van der Waals surface area contributed by atoms with Crippen molar-refractivity contribution < 1.29 is 18.3 Å². The normalized spacial score (nSPS) is 10.6. The Bertz CT molecular complexity index is 415. The van der Waals surface area contributed by atoms with Gasteiger partial charge in [0.25, 0.3) is 6.43 Å². The molecule has 0 aromatic carbocycles. The van der Waals surface area contributed by atoms with E-state index in [1.807, 2.05) is 0 Å². The van der Waals surface area contributed by atoms with Crippen molar-refractivity contribution in [2.24, 2.45) is 0 Å². The summed E-state index contributed by atoms with van der Waals surface area (Å²) in [5.41, 5.74) is -0.864. The maximum Gasteiger partial charge on any atom is 0.341 e. The quantitative estimate of drug-likeness (QED) is 0.470. The molecule has 0 radical (unpaired) electrons. The van der Waals surface area contributed by atoms with Crippen LogP contribution in [-0.4, -0.2) is 17.6 Å². The molecular weight excluding hydrogens is 354 g/mol. The van der Waals surface area contributed by atoms with Crippen LogP contribution in [-0.2, 0) is 4.74 Å². The predicted octanol–water partition coefficient (Wildman–Crippen LogP) is 3.45. The molecule has 1 aromatic heterocycles. The number of halogens is 4. The molecule has 1 rings (SSSR count). The van der Waals surface area contributed by atoms with E-state index in [4.69, 9.17) is 11.6 Å². The SMILES string of the molecule is CCOC(=O)c1c(I)cc(Cl)nc1C(F)F. The second-order valence-electron chi connectivity index (χ2n) is 2.71. The van der Waals surface area contributed by atoms with Crippen molar-refractivity contribution in [2.45, 2.75) is 13.3 Å². The lowest BCUT2D eigenvalue weighted by atomic mass is 10.2. The van der Waals surface area contributed by atoms with Crippen molar-refractivity contribution in [3.63, 3.8) is 0 Å². The summed E-state index contributed by atoms with van der Waals surface area (Å²) >= 11 is 7.29. The number of carbonyl (C=O) groups excluding carboxylic acids is 1. The van der Waals surface area contributed by atoms with Crippen molar-refractivity contribution >= 4 is 40.2 Å². The van der Waals surface area contributed by atoms with E-state index in [1.54, 1.807) is 29.5 Å². The van der Waals surface area contributed by atoms with Gasteiger partial charge in [-0.15, -0.1) is 0 Å². The Hall–Kier alpha value is -0.500. The molecule has 7 heteroatoms. The van der Waals surface area contributed by atoms with Gasteiger partial charge in [0.2, 0.25) is 0 Å². The lowest BCUT2D eigenvalue weighted by Crippen LogP contribution is -2.12. The van der Waals surface area contributed by atoms with Crippen LogP contribution in [0, 0.1) is 3.57 Å². The van der Waals surface area contributed by atoms with Gasteiger partial charge in [-0.3, -0.25) is 0 Å². The number of esters is 1. The molecule has 0 saturated carbocycles. The zero-order valence-electron chi connectivity index (χ0n) is 8.14. The summed E-state index contributed by atoms with van der Waals surface area (Å²) in [7, 11) is 0. The Morgan fingerprint density at radius 3 is 2.81 bits per heavy atom. The van der Waals surface area contributed by atoms with E-state index >= 15 is 0 Å². The highest BCUT2D eigenvalue weighted by Crippen LogP contribution is 2.27. The number of alkyl halides is 2. The second kappa shape index (κ2) is 5.72. The van der Waals surface area contributed by atoms with Crippen LogP contribution < -0.4 is 0 Å². The van der Waals surface area contributed by atoms with Crippen LogP contribution in [0.15, 0.2) is 6.07 Å². The van der Waals surface area contributed by atoms with Crippen LogP contribution in [0.4, 0.5) is 8.78 Å². The van der Waals surface area contributed by atoms with Gasteiger partial charge in [0.1, 0.15) is 16.4 Å². The van der Waals surface area contributed by atoms with E-state index in [2.05, 4.69) is 9.72 Å². The molecule has 0 amide bonds. The maximum absolute atomic E-state index is 12.7. The number of carbonyl (C=O) groups is 1. The highest BCUT2D eigenvalue weighted by molar-refractivity contribution is 14.1. The molecule has 16 heavy (non-hydrogen) atoms. The van der Waals surface area contributed by atoms with Crippen LogP contribution in [0.25, 0.3) is 0 Å². The summed E-state index contributed by atoms with van der Waals surface area (Å²) in [6.07, 6.45) is -2.87. The number of ether oxygens (including phenoxy) is 1. The first kappa shape index (κ1) is 13.6. The lowest BCUT2D eigenvalue weighted by molar-refractivity contribution is 0.0512. The summed E-state index contributed by atoms with van der Waals surface area (Å²) < 4.78 is 30.3. The van der Waals surface area contributed by atoms with Crippen molar-refractivity contribution in [3.05, 3.63) is 26.0 Å². The molecule has 0 aliphatic heterocycles. The van der Waals surface area contributed by atoms with Gasteiger partial charge in [-0.1, -0.05) is 11.6 Å². The molecule has 0 fully saturated rings. The number of pyridine rings is 1. The number of nitrogens with zero attached hydrogens (tertiary/aromatic N) is 1. The Kier molecular flexibility index (Phi) is 4.85.